The van der Waals surface area contributed by atoms with Crippen molar-refractivity contribution in [1.29, 1.82) is 0 Å². The smallest absolute Gasteiger partial charge is 0.243 e. The second kappa shape index (κ2) is 9.69. The Balaban J connectivity index is 1.45. The van der Waals surface area contributed by atoms with Crippen LogP contribution in [0, 0.1) is 17.6 Å². The topological polar surface area (TPSA) is 77.6 Å². The summed E-state index contributed by atoms with van der Waals surface area (Å²) in [4.78, 5) is 21.7. The van der Waals surface area contributed by atoms with Gasteiger partial charge in [0, 0.05) is 48.4 Å². The SMILES string of the molecule is CC(C)C(C(=O)NCc1cn(-c2ccccc2)nc1-c1ccncc1)n1cnc2cc(F)c(F)cc21. The Labute approximate surface area is 206 Å². The number of nitrogens with one attached hydrogen (secondary N) is 1. The van der Waals surface area contributed by atoms with Crippen LogP contribution in [0.15, 0.2) is 79.5 Å². The number of carbonyl (C=O) groups is 1. The molecule has 0 fully saturated rings. The van der Waals surface area contributed by atoms with Crippen molar-refractivity contribution in [3.05, 3.63) is 96.7 Å². The second-order valence-electron chi connectivity index (χ2n) is 8.83. The number of para-hydroxylation sites is 1. The van der Waals surface area contributed by atoms with E-state index in [1.54, 1.807) is 21.6 Å². The van der Waals surface area contributed by atoms with Crippen LogP contribution in [0.5, 0.6) is 0 Å². The highest BCUT2D eigenvalue weighted by atomic mass is 19.2. The maximum Gasteiger partial charge on any atom is 0.243 e. The molecule has 0 aliphatic carbocycles. The number of benzene rings is 2. The molecule has 9 heteroatoms. The van der Waals surface area contributed by atoms with E-state index in [9.17, 15) is 13.6 Å². The van der Waals surface area contributed by atoms with Crippen LogP contribution in [-0.2, 0) is 11.3 Å². The molecule has 5 rings (SSSR count). The first-order valence-electron chi connectivity index (χ1n) is 11.6. The maximum absolute atomic E-state index is 14.0. The second-order valence-corrected chi connectivity index (χ2v) is 8.83. The summed E-state index contributed by atoms with van der Waals surface area (Å²) in [5.41, 5.74) is 3.97. The van der Waals surface area contributed by atoms with E-state index < -0.39 is 17.7 Å². The van der Waals surface area contributed by atoms with E-state index in [4.69, 9.17) is 5.10 Å². The monoisotopic (exact) mass is 486 g/mol. The molecule has 1 unspecified atom stereocenters. The number of fused-ring (bicyclic) bond motifs is 1. The molecule has 0 radical (unpaired) electrons. The van der Waals surface area contributed by atoms with E-state index in [2.05, 4.69) is 15.3 Å². The van der Waals surface area contributed by atoms with Crippen molar-refractivity contribution in [1.82, 2.24) is 29.6 Å². The van der Waals surface area contributed by atoms with Gasteiger partial charge in [0.25, 0.3) is 0 Å². The largest absolute Gasteiger partial charge is 0.350 e. The van der Waals surface area contributed by atoms with Crippen molar-refractivity contribution in [2.24, 2.45) is 5.92 Å². The Kier molecular flexibility index (Phi) is 6.28. The first-order valence-corrected chi connectivity index (χ1v) is 11.6. The van der Waals surface area contributed by atoms with Crippen LogP contribution in [0.25, 0.3) is 28.0 Å². The summed E-state index contributed by atoms with van der Waals surface area (Å²) >= 11 is 0. The van der Waals surface area contributed by atoms with Crippen LogP contribution in [-0.4, -0.2) is 30.2 Å². The van der Waals surface area contributed by atoms with Gasteiger partial charge in [0.2, 0.25) is 5.91 Å². The van der Waals surface area contributed by atoms with Gasteiger partial charge in [0.1, 0.15) is 6.04 Å². The highest BCUT2D eigenvalue weighted by molar-refractivity contribution is 5.84. The molecule has 3 heterocycles. The molecule has 0 aliphatic heterocycles. The standard InChI is InChI=1S/C27H24F2N6O/c1-17(2)26(34-16-32-23-12-21(28)22(29)13-24(23)34)27(36)31-14-19-15-35(20-6-4-3-5-7-20)33-25(19)18-8-10-30-11-9-18/h3-13,15-17,26H,14H2,1-2H3,(H,31,36). The Hall–Kier alpha value is -4.40. The van der Waals surface area contributed by atoms with Crippen LogP contribution in [0.1, 0.15) is 25.5 Å². The predicted octanol–water partition coefficient (Wildman–Crippen LogP) is 5.08. The Morgan fingerprint density at radius 3 is 2.47 bits per heavy atom. The average Bonchev–Trinajstić information content (AvgIpc) is 3.49. The number of hydrogen-bond acceptors (Lipinski definition) is 4. The molecule has 0 aliphatic rings. The number of carbonyl (C=O) groups excluding carboxylic acids is 1. The normalized spacial score (nSPS) is 12.2. The molecule has 36 heavy (non-hydrogen) atoms. The quantitative estimate of drug-likeness (QED) is 0.348. The summed E-state index contributed by atoms with van der Waals surface area (Å²) in [5, 5.41) is 7.77. The molecule has 7 nitrogen and oxygen atoms in total. The maximum atomic E-state index is 14.0. The summed E-state index contributed by atoms with van der Waals surface area (Å²) < 4.78 is 31.0. The summed E-state index contributed by atoms with van der Waals surface area (Å²) in [6.07, 6.45) is 6.73. The van der Waals surface area contributed by atoms with Crippen molar-refractivity contribution in [2.45, 2.75) is 26.4 Å². The zero-order valence-corrected chi connectivity index (χ0v) is 19.8. The van der Waals surface area contributed by atoms with Crippen molar-refractivity contribution in [3.63, 3.8) is 0 Å². The lowest BCUT2D eigenvalue weighted by molar-refractivity contribution is -0.125. The van der Waals surface area contributed by atoms with Crippen LogP contribution in [0.4, 0.5) is 8.78 Å². The summed E-state index contributed by atoms with van der Waals surface area (Å²) in [6.45, 7) is 4.01. The average molecular weight is 487 g/mol. The Morgan fingerprint density at radius 2 is 1.75 bits per heavy atom. The minimum atomic E-state index is -0.984. The van der Waals surface area contributed by atoms with Crippen molar-refractivity contribution in [2.75, 3.05) is 0 Å². The first kappa shape index (κ1) is 23.3. The summed E-state index contributed by atoms with van der Waals surface area (Å²) in [5.74, 6) is -2.36. The Bertz CT molecular complexity index is 1510. The third-order valence-corrected chi connectivity index (χ3v) is 6.03. The minimum Gasteiger partial charge on any atom is -0.350 e. The molecular formula is C27H24F2N6O. The van der Waals surface area contributed by atoms with Crippen LogP contribution in [0.3, 0.4) is 0 Å². The highest BCUT2D eigenvalue weighted by Gasteiger charge is 2.26. The van der Waals surface area contributed by atoms with Gasteiger partial charge < -0.3 is 9.88 Å². The molecule has 0 saturated heterocycles. The van der Waals surface area contributed by atoms with Crippen molar-refractivity contribution < 1.29 is 13.6 Å². The molecule has 1 atom stereocenters. The van der Waals surface area contributed by atoms with E-state index in [1.165, 1.54) is 6.33 Å². The number of halogens is 2. The number of amides is 1. The van der Waals surface area contributed by atoms with Crippen LogP contribution in [0.2, 0.25) is 0 Å². The van der Waals surface area contributed by atoms with E-state index in [0.717, 1.165) is 34.6 Å². The lowest BCUT2D eigenvalue weighted by Crippen LogP contribution is -2.35. The molecule has 2 aromatic carbocycles. The lowest BCUT2D eigenvalue weighted by Gasteiger charge is -2.22. The Morgan fingerprint density at radius 1 is 1.03 bits per heavy atom. The lowest BCUT2D eigenvalue weighted by atomic mass is 10.0. The molecule has 5 aromatic rings. The third kappa shape index (κ3) is 4.47. The fourth-order valence-corrected chi connectivity index (χ4v) is 4.29. The van der Waals surface area contributed by atoms with Gasteiger partial charge in [0.05, 0.1) is 28.7 Å². The van der Waals surface area contributed by atoms with Gasteiger partial charge in [0.15, 0.2) is 11.6 Å². The van der Waals surface area contributed by atoms with E-state index in [-0.39, 0.29) is 23.9 Å². The van der Waals surface area contributed by atoms with E-state index in [1.807, 2.05) is 62.5 Å². The summed E-state index contributed by atoms with van der Waals surface area (Å²) in [7, 11) is 0. The fraction of sp³-hybridized carbons (Fsp3) is 0.185. The molecule has 0 spiro atoms. The van der Waals surface area contributed by atoms with Gasteiger partial charge in [-0.25, -0.2) is 18.4 Å². The zero-order chi connectivity index (χ0) is 25.2. The molecule has 0 bridgehead atoms. The fourth-order valence-electron chi connectivity index (χ4n) is 4.29. The number of hydrogen-bond donors (Lipinski definition) is 1. The van der Waals surface area contributed by atoms with Gasteiger partial charge in [-0.1, -0.05) is 32.0 Å². The van der Waals surface area contributed by atoms with Crippen molar-refractivity contribution in [3.8, 4) is 16.9 Å². The number of aromatic nitrogens is 5. The van der Waals surface area contributed by atoms with E-state index in [0.29, 0.717) is 5.52 Å². The van der Waals surface area contributed by atoms with Crippen LogP contribution >= 0.6 is 0 Å². The molecule has 3 aromatic heterocycles. The third-order valence-electron chi connectivity index (χ3n) is 6.03. The van der Waals surface area contributed by atoms with Gasteiger partial charge in [-0.05, 0) is 30.2 Å². The first-order chi connectivity index (χ1) is 17.4. The minimum absolute atomic E-state index is 0.137. The molecule has 182 valence electrons. The van der Waals surface area contributed by atoms with Crippen molar-refractivity contribution >= 4 is 16.9 Å². The van der Waals surface area contributed by atoms with Crippen LogP contribution < -0.4 is 5.32 Å². The molecule has 0 saturated carbocycles. The van der Waals surface area contributed by atoms with Gasteiger partial charge in [-0.15, -0.1) is 0 Å². The molecule has 1 N–H and O–H groups in total. The highest BCUT2D eigenvalue weighted by Crippen LogP contribution is 2.27. The number of pyridine rings is 1. The number of imidazole rings is 1. The van der Waals surface area contributed by atoms with Gasteiger partial charge >= 0.3 is 0 Å². The van der Waals surface area contributed by atoms with Gasteiger partial charge in [-0.3, -0.25) is 9.78 Å². The number of rotatable bonds is 7. The van der Waals surface area contributed by atoms with Gasteiger partial charge in [-0.2, -0.15) is 5.10 Å². The number of nitrogens with zero attached hydrogens (tertiary/aromatic N) is 5. The summed E-state index contributed by atoms with van der Waals surface area (Å²) in [6, 6.07) is 14.9. The van der Waals surface area contributed by atoms with E-state index >= 15 is 0 Å². The zero-order valence-electron chi connectivity index (χ0n) is 19.8. The molecule has 1 amide bonds. The molecular weight excluding hydrogens is 462 g/mol. The predicted molar refractivity (Wildman–Crippen MR) is 132 cm³/mol.